The van der Waals surface area contributed by atoms with Crippen molar-refractivity contribution in [1.29, 1.82) is 0 Å². The van der Waals surface area contributed by atoms with Gasteiger partial charge in [0.25, 0.3) is 0 Å². The van der Waals surface area contributed by atoms with E-state index < -0.39 is 11.7 Å². The minimum Gasteiger partial charge on any atom is -0.341 e. The van der Waals surface area contributed by atoms with E-state index in [0.29, 0.717) is 19.5 Å². The number of amides is 1. The van der Waals surface area contributed by atoms with Crippen molar-refractivity contribution in [3.05, 3.63) is 35.4 Å². The second-order valence-corrected chi connectivity index (χ2v) is 7.55. The Hall–Kier alpha value is -1.21. The van der Waals surface area contributed by atoms with Gasteiger partial charge >= 0.3 is 6.18 Å². The van der Waals surface area contributed by atoms with Crippen molar-refractivity contribution in [2.24, 2.45) is 0 Å². The van der Waals surface area contributed by atoms with Crippen molar-refractivity contribution in [3.8, 4) is 0 Å². The number of thioether (sulfide) groups is 1. The van der Waals surface area contributed by atoms with Crippen LogP contribution >= 0.6 is 11.8 Å². The normalized spacial score (nSPS) is 16.7. The standard InChI is InChI=1S/C18H25F3N2OS/c1-2-25-13-8-17(24)23-10-3-9-22(11-12-23)14-15-4-6-16(7-5-15)18(19,20)21/h4-7H,2-3,8-14H2,1H3. The van der Waals surface area contributed by atoms with Crippen molar-refractivity contribution in [2.75, 3.05) is 37.7 Å². The fourth-order valence-electron chi connectivity index (χ4n) is 2.90. The van der Waals surface area contributed by atoms with E-state index in [9.17, 15) is 18.0 Å². The molecule has 1 aromatic carbocycles. The summed E-state index contributed by atoms with van der Waals surface area (Å²) in [7, 11) is 0. The zero-order valence-corrected chi connectivity index (χ0v) is 15.3. The largest absolute Gasteiger partial charge is 0.416 e. The number of nitrogens with zero attached hydrogens (tertiary/aromatic N) is 2. The third-order valence-corrected chi connectivity index (χ3v) is 5.19. The third kappa shape index (κ3) is 6.55. The predicted octanol–water partition coefficient (Wildman–Crippen LogP) is 3.88. The minimum atomic E-state index is -4.29. The van der Waals surface area contributed by atoms with Gasteiger partial charge in [0.15, 0.2) is 0 Å². The highest BCUT2D eigenvalue weighted by molar-refractivity contribution is 7.99. The topological polar surface area (TPSA) is 23.6 Å². The van der Waals surface area contributed by atoms with Crippen LogP contribution in [0, 0.1) is 0 Å². The van der Waals surface area contributed by atoms with Crippen LogP contribution in [0.3, 0.4) is 0 Å². The molecule has 2 rings (SSSR count). The first-order valence-electron chi connectivity index (χ1n) is 8.64. The molecule has 1 aromatic rings. The summed E-state index contributed by atoms with van der Waals surface area (Å²) in [5.41, 5.74) is 0.251. The summed E-state index contributed by atoms with van der Waals surface area (Å²) >= 11 is 1.77. The van der Waals surface area contributed by atoms with Crippen molar-refractivity contribution in [2.45, 2.75) is 32.5 Å². The summed E-state index contributed by atoms with van der Waals surface area (Å²) in [6.45, 7) is 5.77. The minimum absolute atomic E-state index is 0.206. The third-order valence-electron chi connectivity index (χ3n) is 4.29. The molecule has 7 heteroatoms. The lowest BCUT2D eigenvalue weighted by atomic mass is 10.1. The van der Waals surface area contributed by atoms with Crippen molar-refractivity contribution in [1.82, 2.24) is 9.80 Å². The van der Waals surface area contributed by atoms with Gasteiger partial charge in [0.05, 0.1) is 5.56 Å². The van der Waals surface area contributed by atoms with E-state index in [1.807, 2.05) is 4.90 Å². The van der Waals surface area contributed by atoms with Crippen LogP contribution < -0.4 is 0 Å². The molecule has 3 nitrogen and oxygen atoms in total. The zero-order chi connectivity index (χ0) is 18.3. The van der Waals surface area contributed by atoms with Gasteiger partial charge < -0.3 is 4.90 Å². The van der Waals surface area contributed by atoms with Gasteiger partial charge in [-0.25, -0.2) is 0 Å². The number of benzene rings is 1. The number of carbonyl (C=O) groups excluding carboxylic acids is 1. The lowest BCUT2D eigenvalue weighted by Gasteiger charge is -2.22. The lowest BCUT2D eigenvalue weighted by molar-refractivity contribution is -0.137. The fourth-order valence-corrected chi connectivity index (χ4v) is 3.51. The van der Waals surface area contributed by atoms with E-state index in [2.05, 4.69) is 11.8 Å². The molecular formula is C18H25F3N2OS. The van der Waals surface area contributed by atoms with Crippen molar-refractivity contribution < 1.29 is 18.0 Å². The molecule has 0 radical (unpaired) electrons. The zero-order valence-electron chi connectivity index (χ0n) is 14.5. The van der Waals surface area contributed by atoms with E-state index in [1.165, 1.54) is 0 Å². The monoisotopic (exact) mass is 374 g/mol. The van der Waals surface area contributed by atoms with Crippen LogP contribution in [0.4, 0.5) is 13.2 Å². The van der Waals surface area contributed by atoms with Gasteiger partial charge in [-0.2, -0.15) is 24.9 Å². The van der Waals surface area contributed by atoms with E-state index in [0.717, 1.165) is 55.3 Å². The second-order valence-electron chi connectivity index (χ2n) is 6.15. The molecular weight excluding hydrogens is 349 g/mol. The maximum atomic E-state index is 12.6. The molecule has 1 heterocycles. The first-order chi connectivity index (χ1) is 11.9. The van der Waals surface area contributed by atoms with Crippen LogP contribution in [-0.4, -0.2) is 53.4 Å². The predicted molar refractivity (Wildman–Crippen MR) is 95.5 cm³/mol. The molecule has 0 bridgehead atoms. The lowest BCUT2D eigenvalue weighted by Crippen LogP contribution is -2.35. The fraction of sp³-hybridized carbons (Fsp3) is 0.611. The van der Waals surface area contributed by atoms with Gasteiger partial charge in [-0.05, 0) is 29.9 Å². The van der Waals surface area contributed by atoms with Crippen LogP contribution in [0.1, 0.15) is 30.9 Å². The SMILES string of the molecule is CCSCCC(=O)N1CCCN(Cc2ccc(C(F)(F)F)cc2)CC1. The molecule has 140 valence electrons. The number of rotatable bonds is 6. The van der Waals surface area contributed by atoms with Crippen LogP contribution in [0.15, 0.2) is 24.3 Å². The maximum Gasteiger partial charge on any atom is 0.416 e. The molecule has 0 aromatic heterocycles. The van der Waals surface area contributed by atoms with Gasteiger partial charge in [-0.15, -0.1) is 0 Å². The number of halogens is 3. The van der Waals surface area contributed by atoms with Crippen LogP contribution in [0.5, 0.6) is 0 Å². The Morgan fingerprint density at radius 3 is 2.48 bits per heavy atom. The van der Waals surface area contributed by atoms with Gasteiger partial charge in [0.2, 0.25) is 5.91 Å². The van der Waals surface area contributed by atoms with Crippen molar-refractivity contribution >= 4 is 17.7 Å². The van der Waals surface area contributed by atoms with E-state index in [1.54, 1.807) is 23.9 Å². The van der Waals surface area contributed by atoms with Gasteiger partial charge in [0.1, 0.15) is 0 Å². The Balaban J connectivity index is 1.83. The van der Waals surface area contributed by atoms with E-state index in [-0.39, 0.29) is 5.91 Å². The molecule has 1 saturated heterocycles. The molecule has 0 unspecified atom stereocenters. The van der Waals surface area contributed by atoms with Crippen LogP contribution in [0.2, 0.25) is 0 Å². The summed E-state index contributed by atoms with van der Waals surface area (Å²) in [5.74, 6) is 2.09. The molecule has 0 saturated carbocycles. The number of hydrogen-bond donors (Lipinski definition) is 0. The maximum absolute atomic E-state index is 12.6. The van der Waals surface area contributed by atoms with Crippen molar-refractivity contribution in [3.63, 3.8) is 0 Å². The molecule has 25 heavy (non-hydrogen) atoms. The molecule has 1 fully saturated rings. The number of carbonyl (C=O) groups is 1. The summed E-state index contributed by atoms with van der Waals surface area (Å²) in [6, 6.07) is 5.35. The summed E-state index contributed by atoms with van der Waals surface area (Å²) in [5, 5.41) is 0. The number of alkyl halides is 3. The highest BCUT2D eigenvalue weighted by Crippen LogP contribution is 2.29. The Kier molecular flexibility index (Phi) is 7.62. The Bertz CT molecular complexity index is 548. The van der Waals surface area contributed by atoms with Crippen LogP contribution in [-0.2, 0) is 17.5 Å². The van der Waals surface area contributed by atoms with Gasteiger partial charge in [-0.3, -0.25) is 9.69 Å². The highest BCUT2D eigenvalue weighted by atomic mass is 32.2. The molecule has 1 amide bonds. The molecule has 0 N–H and O–H groups in total. The highest BCUT2D eigenvalue weighted by Gasteiger charge is 2.30. The van der Waals surface area contributed by atoms with Gasteiger partial charge in [-0.1, -0.05) is 19.1 Å². The number of hydrogen-bond acceptors (Lipinski definition) is 3. The van der Waals surface area contributed by atoms with Crippen LogP contribution in [0.25, 0.3) is 0 Å². The molecule has 0 atom stereocenters. The first-order valence-corrected chi connectivity index (χ1v) is 9.79. The van der Waals surface area contributed by atoms with E-state index >= 15 is 0 Å². The molecule has 1 aliphatic heterocycles. The quantitative estimate of drug-likeness (QED) is 0.706. The summed E-state index contributed by atoms with van der Waals surface area (Å²) in [4.78, 5) is 16.3. The first kappa shape index (κ1) is 20.1. The second kappa shape index (κ2) is 9.48. The smallest absolute Gasteiger partial charge is 0.341 e. The Morgan fingerprint density at radius 1 is 1.12 bits per heavy atom. The molecule has 0 aliphatic carbocycles. The Morgan fingerprint density at radius 2 is 1.84 bits per heavy atom. The molecule has 0 spiro atoms. The molecule has 1 aliphatic rings. The average molecular weight is 374 g/mol. The average Bonchev–Trinajstić information content (AvgIpc) is 2.80. The summed E-state index contributed by atoms with van der Waals surface area (Å²) < 4.78 is 37.8. The van der Waals surface area contributed by atoms with E-state index in [4.69, 9.17) is 0 Å². The Labute approximate surface area is 151 Å². The summed E-state index contributed by atoms with van der Waals surface area (Å²) in [6.07, 6.45) is -2.82. The van der Waals surface area contributed by atoms with Gasteiger partial charge in [0, 0.05) is 44.9 Å².